The van der Waals surface area contributed by atoms with E-state index in [-0.39, 0.29) is 23.3 Å². The highest BCUT2D eigenvalue weighted by Gasteiger charge is 2.24. The first-order valence-electron chi connectivity index (χ1n) is 8.07. The molecule has 24 heavy (non-hydrogen) atoms. The SMILES string of the molecule is CCOCCOc1ccc(S(=O)(=O)NC2CCNC(C)C2)cc1.Cl. The van der Waals surface area contributed by atoms with E-state index in [0.29, 0.717) is 31.6 Å². The average molecular weight is 379 g/mol. The number of piperidine rings is 1. The van der Waals surface area contributed by atoms with Crippen molar-refractivity contribution in [1.82, 2.24) is 10.0 Å². The average Bonchev–Trinajstić information content (AvgIpc) is 2.52. The lowest BCUT2D eigenvalue weighted by Crippen LogP contribution is -2.46. The summed E-state index contributed by atoms with van der Waals surface area (Å²) >= 11 is 0. The van der Waals surface area contributed by atoms with Gasteiger partial charge in [0.1, 0.15) is 12.4 Å². The Morgan fingerprint density at radius 3 is 2.58 bits per heavy atom. The summed E-state index contributed by atoms with van der Waals surface area (Å²) in [5.74, 6) is 0.638. The lowest BCUT2D eigenvalue weighted by Gasteiger charge is -2.28. The zero-order valence-electron chi connectivity index (χ0n) is 14.2. The lowest BCUT2D eigenvalue weighted by atomic mass is 10.0. The summed E-state index contributed by atoms with van der Waals surface area (Å²) in [7, 11) is -3.49. The Bertz CT molecular complexity index is 580. The fourth-order valence-electron chi connectivity index (χ4n) is 2.60. The first-order valence-corrected chi connectivity index (χ1v) is 9.56. The molecule has 0 bridgehead atoms. The molecule has 6 nitrogen and oxygen atoms in total. The summed E-state index contributed by atoms with van der Waals surface area (Å²) in [5.41, 5.74) is 0. The highest BCUT2D eigenvalue weighted by atomic mass is 35.5. The van der Waals surface area contributed by atoms with E-state index in [1.54, 1.807) is 24.3 Å². The quantitative estimate of drug-likeness (QED) is 0.676. The van der Waals surface area contributed by atoms with Crippen LogP contribution in [0.5, 0.6) is 5.75 Å². The molecule has 0 spiro atoms. The molecule has 0 amide bonds. The number of nitrogens with one attached hydrogen (secondary N) is 2. The molecule has 1 aliphatic heterocycles. The Labute approximate surface area is 150 Å². The zero-order valence-corrected chi connectivity index (χ0v) is 15.8. The molecule has 1 saturated heterocycles. The third-order valence-corrected chi connectivity index (χ3v) is 5.32. The molecule has 2 rings (SSSR count). The van der Waals surface area contributed by atoms with E-state index in [1.165, 1.54) is 0 Å². The molecule has 138 valence electrons. The van der Waals surface area contributed by atoms with Crippen LogP contribution in [-0.4, -0.2) is 46.9 Å². The molecule has 2 atom stereocenters. The predicted octanol–water partition coefficient (Wildman–Crippen LogP) is 1.94. The van der Waals surface area contributed by atoms with Crippen molar-refractivity contribution in [3.63, 3.8) is 0 Å². The summed E-state index contributed by atoms with van der Waals surface area (Å²) in [6, 6.07) is 6.80. The Kier molecular flexibility index (Phi) is 9.01. The van der Waals surface area contributed by atoms with Gasteiger partial charge in [-0.05, 0) is 57.5 Å². The molecule has 0 aliphatic carbocycles. The van der Waals surface area contributed by atoms with Gasteiger partial charge >= 0.3 is 0 Å². The number of sulfonamides is 1. The fourth-order valence-corrected chi connectivity index (χ4v) is 3.89. The van der Waals surface area contributed by atoms with Crippen molar-refractivity contribution < 1.29 is 17.9 Å². The molecule has 1 aromatic rings. The van der Waals surface area contributed by atoms with Crippen molar-refractivity contribution in [3.05, 3.63) is 24.3 Å². The maximum Gasteiger partial charge on any atom is 0.240 e. The van der Waals surface area contributed by atoms with Crippen LogP contribution in [0.1, 0.15) is 26.7 Å². The first kappa shape index (κ1) is 21.2. The third-order valence-electron chi connectivity index (χ3n) is 3.78. The first-order chi connectivity index (χ1) is 11.0. The van der Waals surface area contributed by atoms with E-state index in [4.69, 9.17) is 9.47 Å². The summed E-state index contributed by atoms with van der Waals surface area (Å²) in [4.78, 5) is 0.265. The highest BCUT2D eigenvalue weighted by Crippen LogP contribution is 2.18. The van der Waals surface area contributed by atoms with Crippen molar-refractivity contribution in [2.24, 2.45) is 0 Å². The molecular formula is C16H27ClN2O4S. The van der Waals surface area contributed by atoms with E-state index in [0.717, 1.165) is 19.4 Å². The van der Waals surface area contributed by atoms with Gasteiger partial charge in [-0.3, -0.25) is 0 Å². The molecule has 2 unspecified atom stereocenters. The van der Waals surface area contributed by atoms with Crippen LogP contribution < -0.4 is 14.8 Å². The van der Waals surface area contributed by atoms with Crippen LogP contribution >= 0.6 is 12.4 Å². The Hall–Kier alpha value is -0.860. The Morgan fingerprint density at radius 2 is 1.96 bits per heavy atom. The second-order valence-corrected chi connectivity index (χ2v) is 7.43. The molecule has 0 saturated carbocycles. The van der Waals surface area contributed by atoms with Crippen LogP contribution in [0.3, 0.4) is 0 Å². The normalized spacial score (nSPS) is 21.1. The fraction of sp³-hybridized carbons (Fsp3) is 0.625. The minimum absolute atomic E-state index is 0. The minimum Gasteiger partial charge on any atom is -0.491 e. The van der Waals surface area contributed by atoms with Gasteiger partial charge in [0.05, 0.1) is 11.5 Å². The predicted molar refractivity (Wildman–Crippen MR) is 96.5 cm³/mol. The second-order valence-electron chi connectivity index (χ2n) is 5.71. The monoisotopic (exact) mass is 378 g/mol. The summed E-state index contributed by atoms with van der Waals surface area (Å²) < 4.78 is 38.3. The summed E-state index contributed by atoms with van der Waals surface area (Å²) in [6.07, 6.45) is 1.61. The smallest absolute Gasteiger partial charge is 0.240 e. The third kappa shape index (κ3) is 6.57. The number of halogens is 1. The summed E-state index contributed by atoms with van der Waals surface area (Å²) in [5, 5.41) is 3.31. The van der Waals surface area contributed by atoms with E-state index >= 15 is 0 Å². The van der Waals surface area contributed by atoms with Crippen LogP contribution in [0.2, 0.25) is 0 Å². The molecule has 0 radical (unpaired) electrons. The number of rotatable bonds is 8. The molecule has 8 heteroatoms. The van der Waals surface area contributed by atoms with Gasteiger partial charge in [-0.1, -0.05) is 0 Å². The minimum atomic E-state index is -3.49. The number of hydrogen-bond donors (Lipinski definition) is 2. The molecule has 2 N–H and O–H groups in total. The molecule has 1 heterocycles. The van der Waals surface area contributed by atoms with Crippen molar-refractivity contribution in [3.8, 4) is 5.75 Å². The molecule has 0 aromatic heterocycles. The van der Waals surface area contributed by atoms with E-state index in [9.17, 15) is 8.42 Å². The van der Waals surface area contributed by atoms with Gasteiger partial charge in [0.2, 0.25) is 10.0 Å². The van der Waals surface area contributed by atoms with Crippen molar-refractivity contribution >= 4 is 22.4 Å². The number of hydrogen-bond acceptors (Lipinski definition) is 5. The molecular weight excluding hydrogens is 352 g/mol. The van der Waals surface area contributed by atoms with Crippen molar-refractivity contribution in [2.45, 2.75) is 43.7 Å². The molecule has 1 aliphatic rings. The number of ether oxygens (including phenoxy) is 2. The largest absolute Gasteiger partial charge is 0.491 e. The Morgan fingerprint density at radius 1 is 1.25 bits per heavy atom. The van der Waals surface area contributed by atoms with Gasteiger partial charge in [0.25, 0.3) is 0 Å². The summed E-state index contributed by atoms with van der Waals surface area (Å²) in [6.45, 7) is 6.45. The van der Waals surface area contributed by atoms with Crippen molar-refractivity contribution in [2.75, 3.05) is 26.4 Å². The Balaban J connectivity index is 0.00000288. The van der Waals surface area contributed by atoms with E-state index in [2.05, 4.69) is 17.0 Å². The molecule has 1 aromatic carbocycles. The van der Waals surface area contributed by atoms with Gasteiger partial charge in [0.15, 0.2) is 0 Å². The van der Waals surface area contributed by atoms with Gasteiger partial charge in [-0.2, -0.15) is 0 Å². The van der Waals surface area contributed by atoms with Crippen LogP contribution in [0.25, 0.3) is 0 Å². The van der Waals surface area contributed by atoms with Gasteiger partial charge in [-0.15, -0.1) is 12.4 Å². The van der Waals surface area contributed by atoms with Crippen LogP contribution in [0.15, 0.2) is 29.2 Å². The highest BCUT2D eigenvalue weighted by molar-refractivity contribution is 7.89. The van der Waals surface area contributed by atoms with Crippen LogP contribution in [0.4, 0.5) is 0 Å². The topological polar surface area (TPSA) is 76.7 Å². The standard InChI is InChI=1S/C16H26N2O4S.ClH/c1-3-21-10-11-22-15-4-6-16(7-5-15)23(19,20)18-14-8-9-17-13(2)12-14;/h4-7,13-14,17-18H,3,8-12H2,1-2H3;1H. The van der Waals surface area contributed by atoms with Gasteiger partial charge < -0.3 is 14.8 Å². The van der Waals surface area contributed by atoms with E-state index in [1.807, 2.05) is 6.92 Å². The zero-order chi connectivity index (χ0) is 16.7. The lowest BCUT2D eigenvalue weighted by molar-refractivity contribution is 0.110. The van der Waals surface area contributed by atoms with Gasteiger partial charge in [-0.25, -0.2) is 13.1 Å². The van der Waals surface area contributed by atoms with E-state index < -0.39 is 10.0 Å². The maximum atomic E-state index is 12.4. The maximum absolute atomic E-state index is 12.4. The number of benzene rings is 1. The van der Waals surface area contributed by atoms with Crippen molar-refractivity contribution in [1.29, 1.82) is 0 Å². The molecule has 1 fully saturated rings. The van der Waals surface area contributed by atoms with Gasteiger partial charge in [0, 0.05) is 18.7 Å². The second kappa shape index (κ2) is 10.2. The van der Waals surface area contributed by atoms with Crippen LogP contribution in [0, 0.1) is 0 Å². The van der Waals surface area contributed by atoms with Crippen LogP contribution in [-0.2, 0) is 14.8 Å².